The van der Waals surface area contributed by atoms with E-state index in [0.717, 1.165) is 0 Å². The van der Waals surface area contributed by atoms with Gasteiger partial charge in [0.1, 0.15) is 0 Å². The zero-order chi connectivity index (χ0) is 5.70. The molecule has 0 aromatic heterocycles. The Hall–Kier alpha value is -0.160. The summed E-state index contributed by atoms with van der Waals surface area (Å²) in [6.07, 6.45) is 0. The fourth-order valence-corrected chi connectivity index (χ4v) is 0.137. The van der Waals surface area contributed by atoms with Gasteiger partial charge < -0.3 is 0 Å². The van der Waals surface area contributed by atoms with Crippen molar-refractivity contribution in [3.05, 3.63) is 0 Å². The van der Waals surface area contributed by atoms with Crippen LogP contribution in [0.5, 0.6) is 0 Å². The maximum absolute atomic E-state index is 4.66. The molecule has 0 rings (SSSR count). The van der Waals surface area contributed by atoms with E-state index in [4.69, 9.17) is 0 Å². The van der Waals surface area contributed by atoms with Crippen LogP contribution >= 0.6 is 0 Å². The second kappa shape index (κ2) is 4.01. The van der Waals surface area contributed by atoms with E-state index < -0.39 is 0 Å². The smallest absolute Gasteiger partial charge is 0.0143 e. The Morgan fingerprint density at radius 3 is 2.14 bits per heavy atom. The topological polar surface area (TPSA) is 36.5 Å². The largest absolute Gasteiger partial charge is 0.236 e. The van der Waals surface area contributed by atoms with Gasteiger partial charge in [-0.25, -0.2) is 5.43 Å². The van der Waals surface area contributed by atoms with Crippen LogP contribution in [0.4, 0.5) is 0 Å². The number of rotatable bonds is 3. The summed E-state index contributed by atoms with van der Waals surface area (Å²) in [5, 5.41) is 1.54. The zero-order valence-corrected chi connectivity index (χ0v) is 4.86. The Morgan fingerprint density at radius 2 is 2.00 bits per heavy atom. The number of hydrogen-bond acceptors (Lipinski definition) is 4. The van der Waals surface area contributed by atoms with Gasteiger partial charge in [0, 0.05) is 21.1 Å². The summed E-state index contributed by atoms with van der Waals surface area (Å²) in [5.41, 5.74) is 5.01. The molecule has 0 aliphatic rings. The SMILES string of the molecule is CNNON(C)C. The molecular formula is C3H11N3O. The zero-order valence-electron chi connectivity index (χ0n) is 4.86. The molecule has 0 unspecified atom stereocenters. The fourth-order valence-electron chi connectivity index (χ4n) is 0.137. The minimum absolute atomic E-state index is 1.54. The van der Waals surface area contributed by atoms with Crippen LogP contribution in [0.25, 0.3) is 0 Å². The molecule has 0 radical (unpaired) electrons. The van der Waals surface area contributed by atoms with Crippen LogP contribution in [0.1, 0.15) is 0 Å². The highest BCUT2D eigenvalue weighted by molar-refractivity contribution is 4.01. The van der Waals surface area contributed by atoms with Gasteiger partial charge in [-0.2, -0.15) is 10.0 Å². The summed E-state index contributed by atoms with van der Waals surface area (Å²) in [6, 6.07) is 0. The molecule has 0 amide bonds. The van der Waals surface area contributed by atoms with Crippen LogP contribution in [0, 0.1) is 0 Å². The van der Waals surface area contributed by atoms with Crippen LogP contribution in [0.15, 0.2) is 0 Å². The first kappa shape index (κ1) is 6.84. The molecule has 4 heteroatoms. The highest BCUT2D eigenvalue weighted by Crippen LogP contribution is 1.64. The summed E-state index contributed by atoms with van der Waals surface area (Å²) in [4.78, 5) is 4.66. The molecular weight excluding hydrogens is 94.1 g/mol. The van der Waals surface area contributed by atoms with E-state index in [9.17, 15) is 0 Å². The van der Waals surface area contributed by atoms with Gasteiger partial charge in [-0.15, -0.1) is 5.59 Å². The predicted octanol–water partition coefficient (Wildman–Crippen LogP) is -0.881. The molecule has 0 saturated carbocycles. The molecule has 0 saturated heterocycles. The van der Waals surface area contributed by atoms with Gasteiger partial charge in [0.2, 0.25) is 0 Å². The first-order valence-electron chi connectivity index (χ1n) is 2.03. The Balaban J connectivity index is 2.68. The molecule has 0 aromatic rings. The van der Waals surface area contributed by atoms with E-state index in [2.05, 4.69) is 16.0 Å². The summed E-state index contributed by atoms with van der Waals surface area (Å²) in [5.74, 6) is 0. The summed E-state index contributed by atoms with van der Waals surface area (Å²) >= 11 is 0. The molecule has 4 nitrogen and oxygen atoms in total. The van der Waals surface area contributed by atoms with Gasteiger partial charge in [0.25, 0.3) is 0 Å². The van der Waals surface area contributed by atoms with Crippen molar-refractivity contribution in [1.82, 2.24) is 16.1 Å². The van der Waals surface area contributed by atoms with Crippen molar-refractivity contribution in [3.63, 3.8) is 0 Å². The van der Waals surface area contributed by atoms with Crippen LogP contribution in [-0.4, -0.2) is 26.2 Å². The fraction of sp³-hybridized carbons (Fsp3) is 1.00. The van der Waals surface area contributed by atoms with Crippen LogP contribution in [0.2, 0.25) is 0 Å². The standard InChI is InChI=1S/C3H11N3O/c1-4-5-7-6(2)3/h4-5H,1-3H3. The van der Waals surface area contributed by atoms with Crippen molar-refractivity contribution in [2.75, 3.05) is 21.1 Å². The van der Waals surface area contributed by atoms with E-state index in [1.54, 1.807) is 21.1 Å². The Kier molecular flexibility index (Phi) is 3.92. The Bertz CT molecular complexity index is 39.2. The summed E-state index contributed by atoms with van der Waals surface area (Å²) < 4.78 is 0. The van der Waals surface area contributed by atoms with E-state index in [0.29, 0.717) is 0 Å². The minimum Gasteiger partial charge on any atom is -0.236 e. The van der Waals surface area contributed by atoms with E-state index >= 15 is 0 Å². The normalized spacial score (nSPS) is 10.3. The second-order valence-corrected chi connectivity index (χ2v) is 1.26. The number of nitrogens with zero attached hydrogens (tertiary/aromatic N) is 1. The van der Waals surface area contributed by atoms with E-state index in [-0.39, 0.29) is 0 Å². The quantitative estimate of drug-likeness (QED) is 0.457. The maximum Gasteiger partial charge on any atom is 0.0143 e. The highest BCUT2D eigenvalue weighted by atomic mass is 16.8. The van der Waals surface area contributed by atoms with Gasteiger partial charge in [-0.3, -0.25) is 0 Å². The van der Waals surface area contributed by atoms with Crippen LogP contribution in [0.3, 0.4) is 0 Å². The Labute approximate surface area is 43.3 Å². The molecule has 0 atom stereocenters. The van der Waals surface area contributed by atoms with Crippen molar-refractivity contribution in [2.45, 2.75) is 0 Å². The van der Waals surface area contributed by atoms with Gasteiger partial charge >= 0.3 is 0 Å². The number of nitrogens with one attached hydrogen (secondary N) is 2. The first-order chi connectivity index (χ1) is 3.27. The van der Waals surface area contributed by atoms with Crippen LogP contribution < -0.4 is 11.0 Å². The second-order valence-electron chi connectivity index (χ2n) is 1.26. The molecule has 0 bridgehead atoms. The average Bonchev–Trinajstić information content (AvgIpc) is 1.61. The van der Waals surface area contributed by atoms with Crippen molar-refractivity contribution in [1.29, 1.82) is 0 Å². The Morgan fingerprint density at radius 1 is 1.43 bits per heavy atom. The molecule has 7 heavy (non-hydrogen) atoms. The molecule has 0 aliphatic heterocycles. The minimum atomic E-state index is 1.54. The first-order valence-corrected chi connectivity index (χ1v) is 2.03. The lowest BCUT2D eigenvalue weighted by Gasteiger charge is -2.07. The molecule has 0 spiro atoms. The van der Waals surface area contributed by atoms with Crippen molar-refractivity contribution >= 4 is 0 Å². The third-order valence-electron chi connectivity index (χ3n) is 0.330. The molecule has 0 fully saturated rings. The van der Waals surface area contributed by atoms with E-state index in [1.165, 1.54) is 5.06 Å². The van der Waals surface area contributed by atoms with Crippen molar-refractivity contribution in [3.8, 4) is 0 Å². The molecule has 0 aliphatic carbocycles. The van der Waals surface area contributed by atoms with Gasteiger partial charge in [-0.1, -0.05) is 0 Å². The molecule has 2 N–H and O–H groups in total. The lowest BCUT2D eigenvalue weighted by molar-refractivity contribution is -0.190. The maximum atomic E-state index is 4.66. The molecule has 44 valence electrons. The van der Waals surface area contributed by atoms with E-state index in [1.807, 2.05) is 0 Å². The van der Waals surface area contributed by atoms with Gasteiger partial charge in [0.15, 0.2) is 0 Å². The molecule has 0 heterocycles. The van der Waals surface area contributed by atoms with Gasteiger partial charge in [-0.05, 0) is 0 Å². The van der Waals surface area contributed by atoms with Gasteiger partial charge in [0.05, 0.1) is 0 Å². The number of hydrazine groups is 1. The lowest BCUT2D eigenvalue weighted by atomic mass is 11.2. The third kappa shape index (κ3) is 5.84. The summed E-state index contributed by atoms with van der Waals surface area (Å²) in [7, 11) is 5.29. The highest BCUT2D eigenvalue weighted by Gasteiger charge is 1.80. The lowest BCUT2D eigenvalue weighted by Crippen LogP contribution is -2.33. The van der Waals surface area contributed by atoms with Crippen molar-refractivity contribution < 1.29 is 4.94 Å². The number of hydrogen-bond donors (Lipinski definition) is 2. The third-order valence-corrected chi connectivity index (χ3v) is 0.330. The average molecular weight is 105 g/mol. The monoisotopic (exact) mass is 105 g/mol. The number of hydroxylamine groups is 2. The predicted molar refractivity (Wildman–Crippen MR) is 27.0 cm³/mol. The van der Waals surface area contributed by atoms with Crippen LogP contribution in [-0.2, 0) is 4.94 Å². The summed E-state index contributed by atoms with van der Waals surface area (Å²) in [6.45, 7) is 0. The van der Waals surface area contributed by atoms with Crippen molar-refractivity contribution in [2.24, 2.45) is 0 Å². The molecule has 0 aromatic carbocycles.